The van der Waals surface area contributed by atoms with Crippen molar-refractivity contribution in [1.29, 1.82) is 0 Å². The van der Waals surface area contributed by atoms with Crippen molar-refractivity contribution < 1.29 is 14.4 Å². The summed E-state index contributed by atoms with van der Waals surface area (Å²) in [5, 5.41) is 2.42. The van der Waals surface area contributed by atoms with Gasteiger partial charge in [-0.2, -0.15) is 0 Å². The lowest BCUT2D eigenvalue weighted by atomic mass is 9.86. The molecule has 2 saturated heterocycles. The zero-order valence-corrected chi connectivity index (χ0v) is 13.8. The second-order valence-electron chi connectivity index (χ2n) is 6.90. The van der Waals surface area contributed by atoms with Gasteiger partial charge in [-0.3, -0.25) is 19.7 Å². The number of anilines is 1. The highest BCUT2D eigenvalue weighted by Gasteiger charge is 2.61. The van der Waals surface area contributed by atoms with Crippen LogP contribution in [0.25, 0.3) is 6.08 Å². The lowest BCUT2D eigenvalue weighted by Gasteiger charge is -2.35. The molecule has 0 unspecified atom stereocenters. The molecule has 3 aliphatic heterocycles. The zero-order valence-electron chi connectivity index (χ0n) is 13.8. The molecular weight excluding hydrogens is 328 g/mol. The average molecular weight is 344 g/mol. The Morgan fingerprint density at radius 2 is 1.58 bits per heavy atom. The summed E-state index contributed by atoms with van der Waals surface area (Å²) in [5.74, 6) is -1.98. The van der Waals surface area contributed by atoms with Gasteiger partial charge in [0.25, 0.3) is 0 Å². The topological polar surface area (TPSA) is 66.5 Å². The van der Waals surface area contributed by atoms with Crippen molar-refractivity contribution in [2.75, 3.05) is 4.90 Å². The number of carbonyl (C=O) groups excluding carboxylic acids is 3. The quantitative estimate of drug-likeness (QED) is 0.669. The first-order valence-electron chi connectivity index (χ1n) is 8.66. The first kappa shape index (κ1) is 15.1. The lowest BCUT2D eigenvalue weighted by Crippen LogP contribution is -2.47. The van der Waals surface area contributed by atoms with Crippen molar-refractivity contribution in [1.82, 2.24) is 5.32 Å². The van der Waals surface area contributed by atoms with Crippen molar-refractivity contribution in [3.63, 3.8) is 0 Å². The fourth-order valence-corrected chi connectivity index (χ4v) is 4.50. The number of hydrogen-bond acceptors (Lipinski definition) is 4. The van der Waals surface area contributed by atoms with E-state index in [1.54, 1.807) is 24.3 Å². The van der Waals surface area contributed by atoms with Gasteiger partial charge in [-0.25, -0.2) is 0 Å². The smallest absolute Gasteiger partial charge is 0.233 e. The number of amides is 2. The van der Waals surface area contributed by atoms with Gasteiger partial charge in [0.2, 0.25) is 11.8 Å². The number of Topliss-reactive ketones (excluding diaryl/α,β-unsaturated/α-hetero) is 1. The van der Waals surface area contributed by atoms with E-state index in [1.165, 1.54) is 0 Å². The number of ketones is 1. The number of rotatable bonds is 2. The Balaban J connectivity index is 1.68. The molecule has 0 bridgehead atoms. The summed E-state index contributed by atoms with van der Waals surface area (Å²) in [5.41, 5.74) is 2.43. The summed E-state index contributed by atoms with van der Waals surface area (Å²) in [6.07, 6.45) is 3.91. The third-order valence-electron chi connectivity index (χ3n) is 5.58. The molecule has 128 valence electrons. The first-order chi connectivity index (χ1) is 12.7. The number of carbonyl (C=O) groups is 3. The molecular formula is C21H16N2O3. The van der Waals surface area contributed by atoms with Gasteiger partial charge >= 0.3 is 0 Å². The van der Waals surface area contributed by atoms with Crippen LogP contribution in [0.4, 0.5) is 5.69 Å². The Labute approximate surface area is 150 Å². The molecule has 0 radical (unpaired) electrons. The van der Waals surface area contributed by atoms with Gasteiger partial charge in [0.05, 0.1) is 17.9 Å². The number of para-hydroxylation sites is 1. The Kier molecular flexibility index (Phi) is 3.13. The molecule has 5 nitrogen and oxygen atoms in total. The van der Waals surface area contributed by atoms with Crippen LogP contribution in [0.1, 0.15) is 15.9 Å². The minimum Gasteiger partial charge on any atom is -0.352 e. The molecule has 0 saturated carbocycles. The van der Waals surface area contributed by atoms with Crippen molar-refractivity contribution >= 4 is 29.4 Å². The number of benzene rings is 2. The fourth-order valence-electron chi connectivity index (χ4n) is 4.50. The SMILES string of the molecule is O=C1NC(=O)[C@H]2[C@@H]1[C@H](C(=O)c1ccccc1)N1c3ccccc3C=C[C@H]21. The monoisotopic (exact) mass is 344 g/mol. The third-order valence-corrected chi connectivity index (χ3v) is 5.58. The predicted molar refractivity (Wildman–Crippen MR) is 96.4 cm³/mol. The van der Waals surface area contributed by atoms with Crippen LogP contribution in [0.3, 0.4) is 0 Å². The maximum atomic E-state index is 13.3. The van der Waals surface area contributed by atoms with Gasteiger partial charge in [0.1, 0.15) is 6.04 Å². The van der Waals surface area contributed by atoms with Crippen LogP contribution in [0, 0.1) is 11.8 Å². The van der Waals surface area contributed by atoms with E-state index in [0.29, 0.717) is 5.56 Å². The normalized spacial score (nSPS) is 28.4. The van der Waals surface area contributed by atoms with Crippen LogP contribution in [-0.4, -0.2) is 29.7 Å². The minimum absolute atomic E-state index is 0.127. The van der Waals surface area contributed by atoms with Gasteiger partial charge in [0.15, 0.2) is 5.78 Å². The van der Waals surface area contributed by atoms with E-state index in [2.05, 4.69) is 5.32 Å². The van der Waals surface area contributed by atoms with Crippen molar-refractivity contribution in [2.45, 2.75) is 12.1 Å². The van der Waals surface area contributed by atoms with Gasteiger partial charge in [-0.15, -0.1) is 0 Å². The molecule has 5 rings (SSSR count). The molecule has 4 atom stereocenters. The van der Waals surface area contributed by atoms with E-state index in [9.17, 15) is 14.4 Å². The summed E-state index contributed by atoms with van der Waals surface area (Å²) in [7, 11) is 0. The van der Waals surface area contributed by atoms with Crippen LogP contribution in [0.5, 0.6) is 0 Å². The summed E-state index contributed by atoms with van der Waals surface area (Å²) in [4.78, 5) is 40.3. The summed E-state index contributed by atoms with van der Waals surface area (Å²) < 4.78 is 0. The van der Waals surface area contributed by atoms with Crippen LogP contribution >= 0.6 is 0 Å². The van der Waals surface area contributed by atoms with Crippen molar-refractivity contribution in [2.24, 2.45) is 11.8 Å². The molecule has 3 heterocycles. The standard InChI is InChI=1S/C21H16N2O3/c24-19(13-7-2-1-3-8-13)18-17-16(20(25)22-21(17)26)15-11-10-12-6-4-5-9-14(12)23(15)18/h1-11,15-18H,(H,22,25,26)/t15-,16-,17-,18-/m1/s1. The molecule has 0 aromatic heterocycles. The number of imide groups is 1. The molecule has 3 aliphatic rings. The minimum atomic E-state index is -0.690. The van der Waals surface area contributed by atoms with E-state index in [4.69, 9.17) is 0 Å². The van der Waals surface area contributed by atoms with Crippen LogP contribution in [-0.2, 0) is 9.59 Å². The number of nitrogens with one attached hydrogen (secondary N) is 1. The predicted octanol–water partition coefficient (Wildman–Crippen LogP) is 2.04. The van der Waals surface area contributed by atoms with E-state index >= 15 is 0 Å². The lowest BCUT2D eigenvalue weighted by molar-refractivity contribution is -0.126. The summed E-state index contributed by atoms with van der Waals surface area (Å²) in [6.45, 7) is 0. The van der Waals surface area contributed by atoms with Crippen LogP contribution < -0.4 is 10.2 Å². The maximum absolute atomic E-state index is 13.3. The second kappa shape index (κ2) is 5.39. The van der Waals surface area contributed by atoms with Crippen molar-refractivity contribution in [3.05, 3.63) is 71.8 Å². The van der Waals surface area contributed by atoms with Gasteiger partial charge < -0.3 is 4.90 Å². The molecule has 0 spiro atoms. The van der Waals surface area contributed by atoms with Gasteiger partial charge in [0, 0.05) is 11.3 Å². The molecule has 2 aromatic carbocycles. The fraction of sp³-hybridized carbons (Fsp3) is 0.190. The Morgan fingerprint density at radius 3 is 2.38 bits per heavy atom. The van der Waals surface area contributed by atoms with E-state index in [-0.39, 0.29) is 23.6 Å². The van der Waals surface area contributed by atoms with E-state index < -0.39 is 17.9 Å². The van der Waals surface area contributed by atoms with Gasteiger partial charge in [-0.1, -0.05) is 60.7 Å². The molecule has 2 aromatic rings. The Morgan fingerprint density at radius 1 is 0.885 bits per heavy atom. The first-order valence-corrected chi connectivity index (χ1v) is 8.66. The summed E-state index contributed by atoms with van der Waals surface area (Å²) >= 11 is 0. The third kappa shape index (κ3) is 1.94. The molecule has 1 N–H and O–H groups in total. The highest BCUT2D eigenvalue weighted by atomic mass is 16.2. The second-order valence-corrected chi connectivity index (χ2v) is 6.90. The Bertz CT molecular complexity index is 966. The molecule has 5 heteroatoms. The number of fused-ring (bicyclic) bond motifs is 5. The van der Waals surface area contributed by atoms with Crippen molar-refractivity contribution in [3.8, 4) is 0 Å². The maximum Gasteiger partial charge on any atom is 0.233 e. The largest absolute Gasteiger partial charge is 0.352 e. The highest BCUT2D eigenvalue weighted by Crippen LogP contribution is 2.46. The van der Waals surface area contributed by atoms with Gasteiger partial charge in [-0.05, 0) is 11.6 Å². The number of hydrogen-bond donors (Lipinski definition) is 1. The summed E-state index contributed by atoms with van der Waals surface area (Å²) in [6, 6.07) is 15.8. The molecule has 0 aliphatic carbocycles. The van der Waals surface area contributed by atoms with E-state index in [0.717, 1.165) is 11.3 Å². The average Bonchev–Trinajstić information content (AvgIpc) is 3.17. The molecule has 26 heavy (non-hydrogen) atoms. The van der Waals surface area contributed by atoms with E-state index in [1.807, 2.05) is 47.4 Å². The zero-order chi connectivity index (χ0) is 17.8. The molecule has 2 fully saturated rings. The molecule has 2 amide bonds. The van der Waals surface area contributed by atoms with Crippen LogP contribution in [0.2, 0.25) is 0 Å². The number of nitrogens with zero attached hydrogens (tertiary/aromatic N) is 1. The van der Waals surface area contributed by atoms with Crippen LogP contribution in [0.15, 0.2) is 60.7 Å². The Hall–Kier alpha value is -3.21. The highest BCUT2D eigenvalue weighted by molar-refractivity contribution is 6.14.